The van der Waals surface area contributed by atoms with Gasteiger partial charge >= 0.3 is 5.97 Å². The lowest BCUT2D eigenvalue weighted by molar-refractivity contribution is -0.158. The van der Waals surface area contributed by atoms with Crippen LogP contribution in [0.2, 0.25) is 0 Å². The molecule has 0 aliphatic carbocycles. The molecular formula is C15H19NO3. The van der Waals surface area contributed by atoms with Crippen molar-refractivity contribution in [3.8, 4) is 0 Å². The monoisotopic (exact) mass is 261 g/mol. The van der Waals surface area contributed by atoms with E-state index in [-0.39, 0.29) is 12.0 Å². The average Bonchev–Trinajstić information content (AvgIpc) is 2.35. The molecule has 0 saturated heterocycles. The summed E-state index contributed by atoms with van der Waals surface area (Å²) < 4.78 is 5.41. The minimum atomic E-state index is -0.570. The second-order valence-corrected chi connectivity index (χ2v) is 5.78. The van der Waals surface area contributed by atoms with E-state index >= 15 is 0 Å². The van der Waals surface area contributed by atoms with E-state index in [1.165, 1.54) is 0 Å². The van der Waals surface area contributed by atoms with Crippen LogP contribution in [0.15, 0.2) is 24.3 Å². The molecule has 4 nitrogen and oxygen atoms in total. The minimum absolute atomic E-state index is 0.340. The molecule has 0 spiro atoms. The van der Waals surface area contributed by atoms with Gasteiger partial charge in [-0.2, -0.15) is 0 Å². The molecule has 0 saturated carbocycles. The molecule has 1 aromatic carbocycles. The molecule has 19 heavy (non-hydrogen) atoms. The van der Waals surface area contributed by atoms with Gasteiger partial charge in [0.2, 0.25) is 0 Å². The molecule has 1 aliphatic heterocycles. The third-order valence-corrected chi connectivity index (χ3v) is 2.99. The van der Waals surface area contributed by atoms with Gasteiger partial charge in [0.25, 0.3) is 0 Å². The summed E-state index contributed by atoms with van der Waals surface area (Å²) in [5.41, 5.74) is 1.38. The number of carbonyl (C=O) groups excluding carboxylic acids is 2. The third-order valence-electron chi connectivity index (χ3n) is 2.99. The Balaban J connectivity index is 2.29. The Morgan fingerprint density at radius 1 is 1.37 bits per heavy atom. The Morgan fingerprint density at radius 3 is 2.68 bits per heavy atom. The first-order valence-electron chi connectivity index (χ1n) is 6.43. The largest absolute Gasteiger partial charge is 0.459 e. The van der Waals surface area contributed by atoms with Gasteiger partial charge in [-0.3, -0.25) is 5.32 Å². The molecule has 2 unspecified atom stereocenters. The van der Waals surface area contributed by atoms with Crippen molar-refractivity contribution in [2.45, 2.75) is 44.9 Å². The molecule has 1 aromatic rings. The van der Waals surface area contributed by atoms with Gasteiger partial charge in [-0.1, -0.05) is 24.3 Å². The lowest BCUT2D eigenvalue weighted by Gasteiger charge is -2.31. The standard InChI is InChI=1S/C15H19NO3/c1-15(2,3)19-14(18)13-12-7-5-4-6-10(12)8-11(9-17)16-13/h4-7,9,11,13,16H,8H2,1-3H3. The van der Waals surface area contributed by atoms with Crippen LogP contribution in [0.5, 0.6) is 0 Å². The number of fused-ring (bicyclic) bond motifs is 1. The predicted octanol–water partition coefficient (Wildman–Crippen LogP) is 1.78. The summed E-state index contributed by atoms with van der Waals surface area (Å²) in [4.78, 5) is 23.2. The first-order chi connectivity index (χ1) is 8.90. The number of nitrogens with one attached hydrogen (secondary N) is 1. The highest BCUT2D eigenvalue weighted by atomic mass is 16.6. The van der Waals surface area contributed by atoms with E-state index in [1.807, 2.05) is 45.0 Å². The van der Waals surface area contributed by atoms with Crippen molar-refractivity contribution < 1.29 is 14.3 Å². The van der Waals surface area contributed by atoms with Crippen LogP contribution in [0.25, 0.3) is 0 Å². The number of rotatable bonds is 2. The number of benzene rings is 1. The highest BCUT2D eigenvalue weighted by molar-refractivity contribution is 5.80. The molecule has 0 amide bonds. The molecule has 0 aromatic heterocycles. The lowest BCUT2D eigenvalue weighted by atomic mass is 9.90. The quantitative estimate of drug-likeness (QED) is 0.651. The maximum atomic E-state index is 12.2. The zero-order chi connectivity index (χ0) is 14.0. The van der Waals surface area contributed by atoms with Crippen LogP contribution in [0.1, 0.15) is 37.9 Å². The zero-order valence-electron chi connectivity index (χ0n) is 11.5. The first-order valence-corrected chi connectivity index (χ1v) is 6.43. The van der Waals surface area contributed by atoms with E-state index in [1.54, 1.807) is 0 Å². The average molecular weight is 261 g/mol. The van der Waals surface area contributed by atoms with Crippen molar-refractivity contribution in [3.05, 3.63) is 35.4 Å². The fourth-order valence-corrected chi connectivity index (χ4v) is 2.24. The Bertz CT molecular complexity index is 490. The van der Waals surface area contributed by atoms with Crippen LogP contribution >= 0.6 is 0 Å². The summed E-state index contributed by atoms with van der Waals surface area (Å²) in [6.07, 6.45) is 1.45. The number of carbonyl (C=O) groups is 2. The molecule has 2 atom stereocenters. The smallest absolute Gasteiger partial charge is 0.328 e. The van der Waals surface area contributed by atoms with Gasteiger partial charge in [-0.15, -0.1) is 0 Å². The summed E-state index contributed by atoms with van der Waals surface area (Å²) >= 11 is 0. The van der Waals surface area contributed by atoms with Gasteiger partial charge in [0, 0.05) is 0 Å². The van der Waals surface area contributed by atoms with Crippen molar-refractivity contribution >= 4 is 12.3 Å². The second kappa shape index (κ2) is 5.13. The molecule has 1 aliphatic rings. The van der Waals surface area contributed by atoms with E-state index in [4.69, 9.17) is 4.74 Å². The Morgan fingerprint density at radius 2 is 2.05 bits per heavy atom. The van der Waals surface area contributed by atoms with Gasteiger partial charge < -0.3 is 9.53 Å². The van der Waals surface area contributed by atoms with E-state index < -0.39 is 11.6 Å². The van der Waals surface area contributed by atoms with Gasteiger partial charge in [0.1, 0.15) is 17.9 Å². The summed E-state index contributed by atoms with van der Waals surface area (Å²) in [6.45, 7) is 5.49. The van der Waals surface area contributed by atoms with Crippen LogP contribution in [-0.4, -0.2) is 23.9 Å². The molecule has 0 radical (unpaired) electrons. The van der Waals surface area contributed by atoms with Crippen LogP contribution < -0.4 is 5.32 Å². The predicted molar refractivity (Wildman–Crippen MR) is 71.7 cm³/mol. The fraction of sp³-hybridized carbons (Fsp3) is 0.467. The van der Waals surface area contributed by atoms with Crippen LogP contribution in [-0.2, 0) is 20.7 Å². The van der Waals surface area contributed by atoms with Gasteiger partial charge in [-0.05, 0) is 38.3 Å². The molecule has 0 bridgehead atoms. The van der Waals surface area contributed by atoms with Crippen LogP contribution in [0.3, 0.4) is 0 Å². The SMILES string of the molecule is CC(C)(C)OC(=O)C1NC(C=O)Cc2ccccc21. The lowest BCUT2D eigenvalue weighted by Crippen LogP contribution is -2.45. The van der Waals surface area contributed by atoms with E-state index in [9.17, 15) is 9.59 Å². The van der Waals surface area contributed by atoms with Gasteiger partial charge in [-0.25, -0.2) is 4.79 Å². The topological polar surface area (TPSA) is 55.4 Å². The van der Waals surface area contributed by atoms with Crippen molar-refractivity contribution in [2.75, 3.05) is 0 Å². The number of hydrogen-bond donors (Lipinski definition) is 1. The molecule has 2 rings (SSSR count). The summed E-state index contributed by atoms with van der Waals surface area (Å²) in [5.74, 6) is -0.341. The first kappa shape index (κ1) is 13.7. The number of ether oxygens (including phenoxy) is 1. The highest BCUT2D eigenvalue weighted by Crippen LogP contribution is 2.27. The fourth-order valence-electron chi connectivity index (χ4n) is 2.24. The molecule has 1 N–H and O–H groups in total. The number of esters is 1. The van der Waals surface area contributed by atoms with Crippen molar-refractivity contribution in [1.29, 1.82) is 0 Å². The maximum absolute atomic E-state index is 12.2. The molecule has 1 heterocycles. The highest BCUT2D eigenvalue weighted by Gasteiger charge is 2.33. The van der Waals surface area contributed by atoms with Crippen LogP contribution in [0, 0.1) is 0 Å². The van der Waals surface area contributed by atoms with Crippen molar-refractivity contribution in [3.63, 3.8) is 0 Å². The Kier molecular flexibility index (Phi) is 3.71. The molecular weight excluding hydrogens is 242 g/mol. The molecule has 102 valence electrons. The Hall–Kier alpha value is -1.68. The number of aldehydes is 1. The van der Waals surface area contributed by atoms with E-state index in [0.29, 0.717) is 6.42 Å². The summed E-state index contributed by atoms with van der Waals surface area (Å²) in [6, 6.07) is 6.74. The Labute approximate surface area is 113 Å². The van der Waals surface area contributed by atoms with Gasteiger partial charge in [0.15, 0.2) is 0 Å². The maximum Gasteiger partial charge on any atom is 0.328 e. The second-order valence-electron chi connectivity index (χ2n) is 5.78. The third kappa shape index (κ3) is 3.20. The molecule has 4 heteroatoms. The number of hydrogen-bond acceptors (Lipinski definition) is 4. The van der Waals surface area contributed by atoms with Gasteiger partial charge in [0.05, 0.1) is 6.04 Å². The zero-order valence-corrected chi connectivity index (χ0v) is 11.5. The normalized spacial score (nSPS) is 22.5. The summed E-state index contributed by atoms with van der Waals surface area (Å²) in [5, 5.41) is 3.04. The van der Waals surface area contributed by atoms with Crippen molar-refractivity contribution in [1.82, 2.24) is 5.32 Å². The van der Waals surface area contributed by atoms with E-state index in [2.05, 4.69) is 5.32 Å². The molecule has 0 fully saturated rings. The van der Waals surface area contributed by atoms with Crippen molar-refractivity contribution in [2.24, 2.45) is 0 Å². The summed E-state index contributed by atoms with van der Waals surface area (Å²) in [7, 11) is 0. The van der Waals surface area contributed by atoms with Crippen LogP contribution in [0.4, 0.5) is 0 Å². The van der Waals surface area contributed by atoms with E-state index in [0.717, 1.165) is 17.4 Å². The minimum Gasteiger partial charge on any atom is -0.459 e.